The highest BCUT2D eigenvalue weighted by atomic mass is 28.4. The third kappa shape index (κ3) is 8.99. The maximum Gasteiger partial charge on any atom is 0.500 e. The summed E-state index contributed by atoms with van der Waals surface area (Å²) in [6, 6.07) is 1.63. The lowest BCUT2D eigenvalue weighted by Crippen LogP contribution is -2.43. The van der Waals surface area contributed by atoms with Crippen LogP contribution in [0.15, 0.2) is 0 Å². The summed E-state index contributed by atoms with van der Waals surface area (Å²) >= 11 is 0. The van der Waals surface area contributed by atoms with Crippen LogP contribution in [0.4, 0.5) is 0 Å². The second-order valence-corrected chi connectivity index (χ2v) is 11.5. The van der Waals surface area contributed by atoms with E-state index >= 15 is 0 Å². The van der Waals surface area contributed by atoms with Gasteiger partial charge < -0.3 is 37.2 Å². The van der Waals surface area contributed by atoms with Crippen molar-refractivity contribution in [3.8, 4) is 0 Å². The number of hydrogen-bond donors (Lipinski definition) is 2. The van der Waals surface area contributed by atoms with Gasteiger partial charge in [0.05, 0.1) is 0 Å². The van der Waals surface area contributed by atoms with Crippen molar-refractivity contribution in [3.05, 3.63) is 0 Å². The SMILES string of the molecule is CO[Si](CCCNCCNCCC[Si](OC)(OC)OC)(OC)OC. The Morgan fingerprint density at radius 2 is 0.792 bits per heavy atom. The van der Waals surface area contributed by atoms with E-state index in [1.807, 2.05) is 0 Å². The molecule has 0 saturated heterocycles. The zero-order valence-corrected chi connectivity index (χ0v) is 18.1. The van der Waals surface area contributed by atoms with Gasteiger partial charge in [-0.1, -0.05) is 0 Å². The molecule has 0 aromatic rings. The van der Waals surface area contributed by atoms with Crippen LogP contribution in [0.3, 0.4) is 0 Å². The zero-order chi connectivity index (χ0) is 18.3. The molecule has 0 aliphatic carbocycles. The molecular weight excluding hydrogens is 348 g/mol. The third-order valence-electron chi connectivity index (χ3n) is 4.02. The van der Waals surface area contributed by atoms with Crippen molar-refractivity contribution in [2.24, 2.45) is 0 Å². The molecule has 0 aliphatic rings. The molecule has 0 atom stereocenters. The summed E-state index contributed by atoms with van der Waals surface area (Å²) in [6.45, 7) is 3.67. The number of rotatable bonds is 17. The van der Waals surface area contributed by atoms with Crippen LogP contribution in [-0.4, -0.2) is 86.4 Å². The molecule has 146 valence electrons. The van der Waals surface area contributed by atoms with Crippen molar-refractivity contribution < 1.29 is 26.6 Å². The molecule has 0 bridgehead atoms. The summed E-state index contributed by atoms with van der Waals surface area (Å²) in [5.74, 6) is 0. The van der Waals surface area contributed by atoms with Crippen molar-refractivity contribution in [3.63, 3.8) is 0 Å². The first kappa shape index (κ1) is 24.1. The van der Waals surface area contributed by atoms with Crippen LogP contribution in [0.1, 0.15) is 12.8 Å². The van der Waals surface area contributed by atoms with Crippen LogP contribution in [0.25, 0.3) is 0 Å². The molecule has 0 aliphatic heterocycles. The fraction of sp³-hybridized carbons (Fsp3) is 1.00. The van der Waals surface area contributed by atoms with Gasteiger partial charge in [-0.15, -0.1) is 0 Å². The van der Waals surface area contributed by atoms with Crippen molar-refractivity contribution in [1.29, 1.82) is 0 Å². The van der Waals surface area contributed by atoms with Gasteiger partial charge in [0.1, 0.15) is 0 Å². The minimum atomic E-state index is -2.42. The first-order valence-corrected chi connectivity index (χ1v) is 12.2. The van der Waals surface area contributed by atoms with E-state index in [2.05, 4.69) is 10.6 Å². The maximum absolute atomic E-state index is 5.39. The van der Waals surface area contributed by atoms with Gasteiger partial charge in [0.25, 0.3) is 0 Å². The van der Waals surface area contributed by atoms with Gasteiger partial charge in [-0.25, -0.2) is 0 Å². The normalized spacial score (nSPS) is 12.8. The van der Waals surface area contributed by atoms with E-state index in [9.17, 15) is 0 Å². The smallest absolute Gasteiger partial charge is 0.377 e. The molecule has 2 N–H and O–H groups in total. The van der Waals surface area contributed by atoms with E-state index in [4.69, 9.17) is 26.6 Å². The van der Waals surface area contributed by atoms with E-state index in [1.165, 1.54) is 0 Å². The van der Waals surface area contributed by atoms with Crippen LogP contribution in [0.2, 0.25) is 12.1 Å². The average Bonchev–Trinajstić information content (AvgIpc) is 2.64. The molecule has 0 heterocycles. The van der Waals surface area contributed by atoms with E-state index < -0.39 is 17.6 Å². The Kier molecular flexibility index (Phi) is 14.4. The van der Waals surface area contributed by atoms with Gasteiger partial charge in [0.15, 0.2) is 0 Å². The molecule has 8 nitrogen and oxygen atoms in total. The van der Waals surface area contributed by atoms with Crippen LogP contribution < -0.4 is 10.6 Å². The van der Waals surface area contributed by atoms with Crippen LogP contribution >= 0.6 is 0 Å². The summed E-state index contributed by atoms with van der Waals surface area (Å²) in [4.78, 5) is 0. The highest BCUT2D eigenvalue weighted by molar-refractivity contribution is 6.60. The Bertz CT molecular complexity index is 250. The van der Waals surface area contributed by atoms with Crippen LogP contribution in [0.5, 0.6) is 0 Å². The molecule has 0 radical (unpaired) electrons. The van der Waals surface area contributed by atoms with Crippen molar-refractivity contribution >= 4 is 17.6 Å². The third-order valence-corrected chi connectivity index (χ3v) is 9.68. The molecule has 0 unspecified atom stereocenters. The van der Waals surface area contributed by atoms with Gasteiger partial charge in [-0.05, 0) is 25.9 Å². The number of nitrogens with one attached hydrogen (secondary N) is 2. The summed E-state index contributed by atoms with van der Waals surface area (Å²) in [7, 11) is 5.02. The quantitative estimate of drug-likeness (QED) is 0.280. The van der Waals surface area contributed by atoms with E-state index in [1.54, 1.807) is 42.7 Å². The van der Waals surface area contributed by atoms with Gasteiger partial charge in [0.2, 0.25) is 0 Å². The summed E-state index contributed by atoms with van der Waals surface area (Å²) < 4.78 is 32.3. The summed E-state index contributed by atoms with van der Waals surface area (Å²) in [5, 5.41) is 6.80. The summed E-state index contributed by atoms with van der Waals surface area (Å²) in [5.41, 5.74) is 0. The first-order chi connectivity index (χ1) is 11.6. The Labute approximate surface area is 149 Å². The van der Waals surface area contributed by atoms with Gasteiger partial charge in [0, 0.05) is 67.8 Å². The van der Waals surface area contributed by atoms with Crippen LogP contribution in [0, 0.1) is 0 Å². The molecule has 24 heavy (non-hydrogen) atoms. The lowest BCUT2D eigenvalue weighted by molar-refractivity contribution is 0.122. The Balaban J connectivity index is 3.58. The lowest BCUT2D eigenvalue weighted by Gasteiger charge is -2.24. The monoisotopic (exact) mass is 384 g/mol. The lowest BCUT2D eigenvalue weighted by atomic mass is 10.4. The van der Waals surface area contributed by atoms with Gasteiger partial charge in [-0.3, -0.25) is 0 Å². The molecule has 10 heteroatoms. The topological polar surface area (TPSA) is 79.4 Å². The fourth-order valence-electron chi connectivity index (χ4n) is 2.40. The molecule has 0 aromatic carbocycles. The molecule has 0 amide bonds. The first-order valence-electron chi connectivity index (χ1n) is 8.30. The Hall–Kier alpha value is 0.114. The second-order valence-electron chi connectivity index (χ2n) is 5.30. The Morgan fingerprint density at radius 1 is 0.500 bits per heavy atom. The molecule has 0 saturated carbocycles. The number of hydrogen-bond acceptors (Lipinski definition) is 8. The minimum absolute atomic E-state index is 0.814. The van der Waals surface area contributed by atoms with Crippen LogP contribution in [-0.2, 0) is 26.6 Å². The van der Waals surface area contributed by atoms with Crippen molar-refractivity contribution in [1.82, 2.24) is 10.6 Å². The standard InChI is InChI=1S/C14H36N2O6Si2/c1-17-23(18-2,19-3)13-7-9-15-11-12-16-10-8-14-24(20-4,21-5)22-6/h15-16H,7-14H2,1-6H3. The Morgan fingerprint density at radius 3 is 1.04 bits per heavy atom. The van der Waals surface area contributed by atoms with Gasteiger partial charge >= 0.3 is 17.6 Å². The molecule has 0 fully saturated rings. The van der Waals surface area contributed by atoms with Gasteiger partial charge in [-0.2, -0.15) is 0 Å². The maximum atomic E-state index is 5.39. The molecular formula is C14H36N2O6Si2. The highest BCUT2D eigenvalue weighted by Crippen LogP contribution is 2.14. The molecule has 0 spiro atoms. The van der Waals surface area contributed by atoms with E-state index in [0.29, 0.717) is 0 Å². The predicted molar refractivity (Wildman–Crippen MR) is 98.1 cm³/mol. The van der Waals surface area contributed by atoms with E-state index in [0.717, 1.165) is 51.1 Å². The highest BCUT2D eigenvalue weighted by Gasteiger charge is 2.37. The average molecular weight is 385 g/mol. The molecule has 0 rings (SSSR count). The largest absolute Gasteiger partial charge is 0.500 e. The van der Waals surface area contributed by atoms with E-state index in [-0.39, 0.29) is 0 Å². The minimum Gasteiger partial charge on any atom is -0.377 e. The zero-order valence-electron chi connectivity index (χ0n) is 16.1. The van der Waals surface area contributed by atoms with Crippen molar-refractivity contribution in [2.75, 3.05) is 68.8 Å². The second kappa shape index (κ2) is 14.3. The van der Waals surface area contributed by atoms with Crippen molar-refractivity contribution in [2.45, 2.75) is 24.9 Å². The predicted octanol–water partition coefficient (Wildman–Crippen LogP) is 0.702. The summed E-state index contributed by atoms with van der Waals surface area (Å²) in [6.07, 6.45) is 1.93. The molecule has 0 aromatic heterocycles. The fourth-order valence-corrected chi connectivity index (χ4v) is 5.84.